The van der Waals surface area contributed by atoms with Crippen LogP contribution in [0.15, 0.2) is 45.0 Å². The number of rotatable bonds is 5. The number of aryl methyl sites for hydroxylation is 1. The SMILES string of the molecule is CCCNc1ncnc(Sc2ccc(C)cc2)c1Br. The summed E-state index contributed by atoms with van der Waals surface area (Å²) in [6.45, 7) is 5.12. The van der Waals surface area contributed by atoms with Gasteiger partial charge in [0.15, 0.2) is 0 Å². The standard InChI is InChI=1S/C14H16BrN3S/c1-3-8-16-13-12(15)14(18-9-17-13)19-11-6-4-10(2)5-7-11/h4-7,9H,3,8H2,1-2H3,(H,16,17,18). The molecule has 0 bridgehead atoms. The predicted molar refractivity (Wildman–Crippen MR) is 83.8 cm³/mol. The maximum absolute atomic E-state index is 4.33. The van der Waals surface area contributed by atoms with E-state index >= 15 is 0 Å². The van der Waals surface area contributed by atoms with Crippen LogP contribution in [0.25, 0.3) is 0 Å². The van der Waals surface area contributed by atoms with Crippen molar-refractivity contribution in [2.24, 2.45) is 0 Å². The Morgan fingerprint density at radius 2 is 1.95 bits per heavy atom. The van der Waals surface area contributed by atoms with E-state index in [0.29, 0.717) is 0 Å². The molecule has 100 valence electrons. The normalized spacial score (nSPS) is 10.5. The third kappa shape index (κ3) is 3.94. The molecular weight excluding hydrogens is 322 g/mol. The first-order valence-corrected chi connectivity index (χ1v) is 7.80. The van der Waals surface area contributed by atoms with E-state index in [9.17, 15) is 0 Å². The lowest BCUT2D eigenvalue weighted by atomic mass is 10.2. The van der Waals surface area contributed by atoms with Gasteiger partial charge in [0.1, 0.15) is 17.2 Å². The molecule has 19 heavy (non-hydrogen) atoms. The number of benzene rings is 1. The van der Waals surface area contributed by atoms with Gasteiger partial charge in [0.05, 0.1) is 4.47 Å². The van der Waals surface area contributed by atoms with E-state index in [2.05, 4.69) is 69.3 Å². The van der Waals surface area contributed by atoms with Gasteiger partial charge in [-0.1, -0.05) is 36.4 Å². The summed E-state index contributed by atoms with van der Waals surface area (Å²) < 4.78 is 0.925. The Bertz CT molecular complexity index is 543. The summed E-state index contributed by atoms with van der Waals surface area (Å²) in [7, 11) is 0. The van der Waals surface area contributed by atoms with Gasteiger partial charge in [-0.2, -0.15) is 0 Å². The lowest BCUT2D eigenvalue weighted by molar-refractivity contribution is 0.946. The van der Waals surface area contributed by atoms with Crippen LogP contribution in [0.3, 0.4) is 0 Å². The minimum Gasteiger partial charge on any atom is -0.369 e. The zero-order valence-electron chi connectivity index (χ0n) is 11.0. The molecule has 0 unspecified atom stereocenters. The number of nitrogens with zero attached hydrogens (tertiary/aromatic N) is 2. The topological polar surface area (TPSA) is 37.8 Å². The highest BCUT2D eigenvalue weighted by molar-refractivity contribution is 9.10. The maximum atomic E-state index is 4.33. The second-order valence-electron chi connectivity index (χ2n) is 4.18. The zero-order valence-corrected chi connectivity index (χ0v) is 13.4. The second kappa shape index (κ2) is 6.91. The molecule has 0 atom stereocenters. The molecule has 0 aliphatic heterocycles. The van der Waals surface area contributed by atoms with Crippen molar-refractivity contribution >= 4 is 33.5 Å². The van der Waals surface area contributed by atoms with Crippen molar-refractivity contribution in [3.05, 3.63) is 40.6 Å². The Hall–Kier alpha value is -1.07. The first-order chi connectivity index (χ1) is 9.20. The van der Waals surface area contributed by atoms with Gasteiger partial charge in [-0.25, -0.2) is 9.97 Å². The predicted octanol–water partition coefficient (Wildman–Crippen LogP) is 4.52. The van der Waals surface area contributed by atoms with Gasteiger partial charge < -0.3 is 5.32 Å². The molecule has 0 spiro atoms. The number of halogens is 1. The highest BCUT2D eigenvalue weighted by Crippen LogP contribution is 2.34. The van der Waals surface area contributed by atoms with Crippen molar-refractivity contribution in [1.29, 1.82) is 0 Å². The average Bonchev–Trinajstić information content (AvgIpc) is 2.42. The van der Waals surface area contributed by atoms with Crippen LogP contribution in [-0.4, -0.2) is 16.5 Å². The summed E-state index contributed by atoms with van der Waals surface area (Å²) in [5.41, 5.74) is 1.26. The molecule has 2 rings (SSSR count). The van der Waals surface area contributed by atoms with Crippen molar-refractivity contribution in [2.75, 3.05) is 11.9 Å². The van der Waals surface area contributed by atoms with Crippen LogP contribution >= 0.6 is 27.7 Å². The Labute approximate surface area is 126 Å². The molecule has 0 aliphatic carbocycles. The number of hydrogen-bond acceptors (Lipinski definition) is 4. The van der Waals surface area contributed by atoms with Crippen LogP contribution in [0.4, 0.5) is 5.82 Å². The monoisotopic (exact) mass is 337 g/mol. The average molecular weight is 338 g/mol. The summed E-state index contributed by atoms with van der Waals surface area (Å²) in [5, 5.41) is 4.21. The fourth-order valence-corrected chi connectivity index (χ4v) is 2.88. The van der Waals surface area contributed by atoms with Crippen LogP contribution in [0.1, 0.15) is 18.9 Å². The Morgan fingerprint density at radius 1 is 1.21 bits per heavy atom. The molecule has 0 amide bonds. The van der Waals surface area contributed by atoms with Crippen molar-refractivity contribution in [2.45, 2.75) is 30.2 Å². The molecule has 0 aliphatic rings. The third-order valence-corrected chi connectivity index (χ3v) is 4.56. The minimum atomic E-state index is 0.853. The largest absolute Gasteiger partial charge is 0.369 e. The smallest absolute Gasteiger partial charge is 0.144 e. The van der Waals surface area contributed by atoms with Gasteiger partial charge >= 0.3 is 0 Å². The van der Waals surface area contributed by atoms with Crippen LogP contribution in [0.5, 0.6) is 0 Å². The molecule has 1 aromatic carbocycles. The first kappa shape index (κ1) is 14.3. The van der Waals surface area contributed by atoms with E-state index in [0.717, 1.165) is 28.3 Å². The molecule has 1 heterocycles. The third-order valence-electron chi connectivity index (χ3n) is 2.54. The lowest BCUT2D eigenvalue weighted by Gasteiger charge is -2.09. The van der Waals surface area contributed by atoms with E-state index < -0.39 is 0 Å². The van der Waals surface area contributed by atoms with Gasteiger partial charge in [-0.15, -0.1) is 0 Å². The van der Waals surface area contributed by atoms with Crippen LogP contribution in [0.2, 0.25) is 0 Å². The highest BCUT2D eigenvalue weighted by atomic mass is 79.9. The lowest BCUT2D eigenvalue weighted by Crippen LogP contribution is -2.03. The van der Waals surface area contributed by atoms with Gasteiger partial charge in [0, 0.05) is 11.4 Å². The van der Waals surface area contributed by atoms with Crippen molar-refractivity contribution in [3.63, 3.8) is 0 Å². The van der Waals surface area contributed by atoms with Gasteiger partial charge in [0.25, 0.3) is 0 Å². The van der Waals surface area contributed by atoms with Crippen molar-refractivity contribution in [1.82, 2.24) is 9.97 Å². The molecule has 2 aromatic rings. The first-order valence-electron chi connectivity index (χ1n) is 6.19. The molecule has 0 radical (unpaired) electrons. The molecule has 0 saturated carbocycles. The Kier molecular flexibility index (Phi) is 5.22. The van der Waals surface area contributed by atoms with Crippen molar-refractivity contribution in [3.8, 4) is 0 Å². The van der Waals surface area contributed by atoms with Crippen LogP contribution in [0, 0.1) is 6.92 Å². The summed E-state index contributed by atoms with van der Waals surface area (Å²) in [5.74, 6) is 0.853. The fourth-order valence-electron chi connectivity index (χ4n) is 1.51. The van der Waals surface area contributed by atoms with E-state index in [1.54, 1.807) is 18.1 Å². The summed E-state index contributed by atoms with van der Waals surface area (Å²) in [4.78, 5) is 9.75. The number of hydrogen-bond donors (Lipinski definition) is 1. The van der Waals surface area contributed by atoms with Crippen molar-refractivity contribution < 1.29 is 0 Å². The second-order valence-corrected chi connectivity index (χ2v) is 6.04. The van der Waals surface area contributed by atoms with E-state index in [4.69, 9.17) is 0 Å². The molecule has 1 N–H and O–H groups in total. The number of aromatic nitrogens is 2. The van der Waals surface area contributed by atoms with Crippen LogP contribution in [-0.2, 0) is 0 Å². The quantitative estimate of drug-likeness (QED) is 0.814. The van der Waals surface area contributed by atoms with Gasteiger partial charge in [-0.05, 0) is 41.4 Å². The molecule has 1 aromatic heterocycles. The molecule has 5 heteroatoms. The van der Waals surface area contributed by atoms with E-state index in [1.807, 2.05) is 0 Å². The van der Waals surface area contributed by atoms with Crippen LogP contribution < -0.4 is 5.32 Å². The molecular formula is C14H16BrN3S. The Balaban J connectivity index is 2.18. The Morgan fingerprint density at radius 3 is 2.63 bits per heavy atom. The zero-order chi connectivity index (χ0) is 13.7. The summed E-state index contributed by atoms with van der Waals surface area (Å²) in [6, 6.07) is 8.42. The van der Waals surface area contributed by atoms with Gasteiger partial charge in [-0.3, -0.25) is 0 Å². The molecule has 0 saturated heterocycles. The van der Waals surface area contributed by atoms with Gasteiger partial charge in [0.2, 0.25) is 0 Å². The minimum absolute atomic E-state index is 0.853. The maximum Gasteiger partial charge on any atom is 0.144 e. The number of anilines is 1. The summed E-state index contributed by atoms with van der Waals surface area (Å²) >= 11 is 5.21. The summed E-state index contributed by atoms with van der Waals surface area (Å²) in [6.07, 6.45) is 2.66. The molecule has 3 nitrogen and oxygen atoms in total. The highest BCUT2D eigenvalue weighted by Gasteiger charge is 2.09. The number of nitrogens with one attached hydrogen (secondary N) is 1. The van der Waals surface area contributed by atoms with E-state index in [1.165, 1.54) is 10.5 Å². The van der Waals surface area contributed by atoms with E-state index in [-0.39, 0.29) is 0 Å². The molecule has 0 fully saturated rings. The fraction of sp³-hybridized carbons (Fsp3) is 0.286.